The van der Waals surface area contributed by atoms with Gasteiger partial charge in [0.1, 0.15) is 0 Å². The lowest BCUT2D eigenvalue weighted by Crippen LogP contribution is -2.06. The monoisotopic (exact) mass is 319 g/mol. The fourth-order valence-electron chi connectivity index (χ4n) is 2.08. The van der Waals surface area contributed by atoms with Crippen LogP contribution in [0.5, 0.6) is 0 Å². The Balaban J connectivity index is 1.82. The molecule has 0 spiro atoms. The van der Waals surface area contributed by atoms with Crippen LogP contribution in [0.2, 0.25) is 4.34 Å². The molecule has 0 bridgehead atoms. The van der Waals surface area contributed by atoms with Gasteiger partial charge in [-0.05, 0) is 54.6 Å². The molecule has 2 heterocycles. The van der Waals surface area contributed by atoms with Crippen LogP contribution in [0, 0.1) is 6.92 Å². The topological polar surface area (TPSA) is 55.6 Å². The number of nitrogens with one attached hydrogen (secondary N) is 1. The zero-order valence-corrected chi connectivity index (χ0v) is 13.2. The summed E-state index contributed by atoms with van der Waals surface area (Å²) in [5, 5.41) is 15.0. The Bertz CT molecular complexity index is 751. The van der Waals surface area contributed by atoms with Crippen LogP contribution < -0.4 is 5.32 Å². The van der Waals surface area contributed by atoms with Gasteiger partial charge in [-0.2, -0.15) is 4.68 Å². The van der Waals surface area contributed by atoms with Crippen molar-refractivity contribution in [2.45, 2.75) is 19.9 Å². The lowest BCUT2D eigenvalue weighted by Gasteiger charge is -2.14. The van der Waals surface area contributed by atoms with E-state index < -0.39 is 0 Å². The third kappa shape index (κ3) is 3.06. The summed E-state index contributed by atoms with van der Waals surface area (Å²) in [5.74, 6) is 0.755. The molecule has 7 heteroatoms. The van der Waals surface area contributed by atoms with Crippen LogP contribution in [0.25, 0.3) is 5.69 Å². The maximum Gasteiger partial charge on any atom is 0.153 e. The number of halogens is 1. The number of nitrogens with zero attached hydrogens (tertiary/aromatic N) is 4. The zero-order chi connectivity index (χ0) is 14.8. The number of anilines is 1. The fraction of sp³-hybridized carbons (Fsp3) is 0.214. The third-order valence-electron chi connectivity index (χ3n) is 3.12. The fourth-order valence-corrected chi connectivity index (χ4v) is 3.14. The molecule has 1 N–H and O–H groups in total. The first-order valence-electron chi connectivity index (χ1n) is 6.50. The minimum Gasteiger partial charge on any atom is -0.378 e. The van der Waals surface area contributed by atoms with Crippen molar-refractivity contribution >= 4 is 28.6 Å². The molecule has 108 valence electrons. The highest BCUT2D eigenvalue weighted by Gasteiger charge is 2.09. The summed E-state index contributed by atoms with van der Waals surface area (Å²) in [5.41, 5.74) is 1.94. The van der Waals surface area contributed by atoms with Crippen LogP contribution in [0.3, 0.4) is 0 Å². The molecule has 2 aromatic heterocycles. The van der Waals surface area contributed by atoms with E-state index in [4.69, 9.17) is 11.6 Å². The molecule has 0 aliphatic carbocycles. The molecule has 21 heavy (non-hydrogen) atoms. The number of benzene rings is 1. The van der Waals surface area contributed by atoms with E-state index in [1.807, 2.05) is 43.3 Å². The van der Waals surface area contributed by atoms with Gasteiger partial charge in [0.25, 0.3) is 0 Å². The average Bonchev–Trinajstić information content (AvgIpc) is 3.08. The molecule has 0 aliphatic heterocycles. The normalized spacial score (nSPS) is 12.3. The van der Waals surface area contributed by atoms with E-state index in [9.17, 15) is 0 Å². The molecule has 1 unspecified atom stereocenters. The molecule has 0 fully saturated rings. The van der Waals surface area contributed by atoms with Crippen LogP contribution >= 0.6 is 22.9 Å². The van der Waals surface area contributed by atoms with Crippen molar-refractivity contribution < 1.29 is 0 Å². The van der Waals surface area contributed by atoms with Crippen LogP contribution in [-0.4, -0.2) is 20.2 Å². The molecule has 1 aromatic carbocycles. The Morgan fingerprint density at radius 1 is 1.29 bits per heavy atom. The van der Waals surface area contributed by atoms with Crippen molar-refractivity contribution in [2.24, 2.45) is 0 Å². The van der Waals surface area contributed by atoms with Gasteiger partial charge in [0.05, 0.1) is 16.1 Å². The van der Waals surface area contributed by atoms with Crippen LogP contribution in [0.15, 0.2) is 36.4 Å². The van der Waals surface area contributed by atoms with E-state index in [2.05, 4.69) is 27.8 Å². The van der Waals surface area contributed by atoms with E-state index in [0.717, 1.165) is 21.5 Å². The maximum absolute atomic E-state index is 5.98. The number of aromatic nitrogens is 4. The van der Waals surface area contributed by atoms with Gasteiger partial charge in [0.15, 0.2) is 5.82 Å². The van der Waals surface area contributed by atoms with Crippen LogP contribution in [-0.2, 0) is 0 Å². The van der Waals surface area contributed by atoms with E-state index in [1.54, 1.807) is 16.0 Å². The molecule has 0 saturated heterocycles. The summed E-state index contributed by atoms with van der Waals surface area (Å²) in [6.45, 7) is 3.98. The first-order chi connectivity index (χ1) is 10.1. The van der Waals surface area contributed by atoms with Gasteiger partial charge in [-0.25, -0.2) is 0 Å². The SMILES string of the molecule is Cc1nnnn1-c1cccc(NC(C)c2ccc(Cl)s2)c1. The zero-order valence-electron chi connectivity index (χ0n) is 11.6. The second-order valence-electron chi connectivity index (χ2n) is 4.70. The van der Waals surface area contributed by atoms with E-state index in [-0.39, 0.29) is 6.04 Å². The summed E-state index contributed by atoms with van der Waals surface area (Å²) in [4.78, 5) is 1.20. The van der Waals surface area contributed by atoms with Gasteiger partial charge in [-0.3, -0.25) is 0 Å². The van der Waals surface area contributed by atoms with E-state index in [1.165, 1.54) is 4.88 Å². The Hall–Kier alpha value is -1.92. The van der Waals surface area contributed by atoms with E-state index >= 15 is 0 Å². The van der Waals surface area contributed by atoms with Gasteiger partial charge in [-0.15, -0.1) is 16.4 Å². The highest BCUT2D eigenvalue weighted by Crippen LogP contribution is 2.29. The van der Waals surface area contributed by atoms with Crippen molar-refractivity contribution in [2.75, 3.05) is 5.32 Å². The number of tetrazole rings is 1. The van der Waals surface area contributed by atoms with Gasteiger partial charge in [-0.1, -0.05) is 17.7 Å². The Morgan fingerprint density at radius 3 is 2.81 bits per heavy atom. The second kappa shape index (κ2) is 5.83. The summed E-state index contributed by atoms with van der Waals surface area (Å²) < 4.78 is 2.51. The van der Waals surface area contributed by atoms with Crippen LogP contribution in [0.1, 0.15) is 23.7 Å². The number of hydrogen-bond acceptors (Lipinski definition) is 5. The average molecular weight is 320 g/mol. The highest BCUT2D eigenvalue weighted by molar-refractivity contribution is 7.16. The maximum atomic E-state index is 5.98. The predicted octanol–water partition coefficient (Wildman–Crippen LogP) is 3.86. The lowest BCUT2D eigenvalue weighted by atomic mass is 10.2. The third-order valence-corrected chi connectivity index (χ3v) is 4.53. The Kier molecular flexibility index (Phi) is 3.90. The molecule has 3 aromatic rings. The number of thiophene rings is 1. The quantitative estimate of drug-likeness (QED) is 0.793. The van der Waals surface area contributed by atoms with Gasteiger partial charge >= 0.3 is 0 Å². The predicted molar refractivity (Wildman–Crippen MR) is 85.3 cm³/mol. The molecule has 0 radical (unpaired) electrons. The van der Waals surface area contributed by atoms with Crippen LogP contribution in [0.4, 0.5) is 5.69 Å². The number of hydrogen-bond donors (Lipinski definition) is 1. The summed E-state index contributed by atoms with van der Waals surface area (Å²) >= 11 is 7.57. The molecule has 0 amide bonds. The van der Waals surface area contributed by atoms with Crippen molar-refractivity contribution in [3.63, 3.8) is 0 Å². The Morgan fingerprint density at radius 2 is 2.14 bits per heavy atom. The Labute approximate surface area is 131 Å². The standard InChI is InChI=1S/C14H14ClN5S/c1-9(13-6-7-14(15)21-13)16-11-4-3-5-12(8-11)20-10(2)17-18-19-20/h3-9,16H,1-2H3. The molecule has 5 nitrogen and oxygen atoms in total. The molecular weight excluding hydrogens is 306 g/mol. The van der Waals surface area contributed by atoms with Gasteiger partial charge in [0.2, 0.25) is 0 Å². The minimum atomic E-state index is 0.188. The van der Waals surface area contributed by atoms with Crippen molar-refractivity contribution in [1.29, 1.82) is 0 Å². The summed E-state index contributed by atoms with van der Waals surface area (Å²) in [6, 6.07) is 12.1. The summed E-state index contributed by atoms with van der Waals surface area (Å²) in [6.07, 6.45) is 0. The molecule has 3 rings (SSSR count). The lowest BCUT2D eigenvalue weighted by molar-refractivity contribution is 0.779. The number of aryl methyl sites for hydroxylation is 1. The summed E-state index contributed by atoms with van der Waals surface area (Å²) in [7, 11) is 0. The highest BCUT2D eigenvalue weighted by atomic mass is 35.5. The second-order valence-corrected chi connectivity index (χ2v) is 6.44. The van der Waals surface area contributed by atoms with Crippen molar-refractivity contribution in [3.8, 4) is 5.69 Å². The largest absolute Gasteiger partial charge is 0.378 e. The number of rotatable bonds is 4. The molecule has 1 atom stereocenters. The van der Waals surface area contributed by atoms with E-state index in [0.29, 0.717) is 0 Å². The first kappa shape index (κ1) is 14.0. The molecule has 0 aliphatic rings. The van der Waals surface area contributed by atoms with Gasteiger partial charge < -0.3 is 5.32 Å². The molecule has 0 saturated carbocycles. The first-order valence-corrected chi connectivity index (χ1v) is 7.70. The molecular formula is C14H14ClN5S. The van der Waals surface area contributed by atoms with Gasteiger partial charge in [0, 0.05) is 10.6 Å². The van der Waals surface area contributed by atoms with Crippen molar-refractivity contribution in [1.82, 2.24) is 20.2 Å². The minimum absolute atomic E-state index is 0.188. The van der Waals surface area contributed by atoms with Crippen molar-refractivity contribution in [3.05, 3.63) is 51.4 Å². The smallest absolute Gasteiger partial charge is 0.153 e.